The summed E-state index contributed by atoms with van der Waals surface area (Å²) in [7, 11) is 1.97. The summed E-state index contributed by atoms with van der Waals surface area (Å²) in [6.45, 7) is 16.4. The molecule has 7 nitrogen and oxygen atoms in total. The second kappa shape index (κ2) is 55.1. The summed E-state index contributed by atoms with van der Waals surface area (Å²) < 4.78 is 19.9. The molecular weight excluding hydrogens is 794 g/mol. The number of allylic oxidation sites excluding steroid dienone is 24. The number of carbonyl (C=O) groups is 1. The summed E-state index contributed by atoms with van der Waals surface area (Å²) >= 11 is 0. The molecule has 1 radical (unpaired) electrons. The van der Waals surface area contributed by atoms with E-state index < -0.39 is 11.8 Å². The van der Waals surface area contributed by atoms with Crippen molar-refractivity contribution in [3.8, 4) is 0 Å². The van der Waals surface area contributed by atoms with Gasteiger partial charge in [-0.3, -0.25) is 0 Å². The zero-order valence-corrected chi connectivity index (χ0v) is 41.5. The molecule has 0 heterocycles. The van der Waals surface area contributed by atoms with Crippen molar-refractivity contribution in [2.45, 2.75) is 164 Å². The normalized spacial score (nSPS) is 13.6. The van der Waals surface area contributed by atoms with Crippen LogP contribution in [-0.2, 0) is 23.9 Å². The Morgan fingerprint density at radius 2 is 0.828 bits per heavy atom. The molecular formula is C55H89B2O7. The quantitative estimate of drug-likeness (QED) is 0.0169. The number of aliphatic hydroxyl groups is 1. The monoisotopic (exact) mass is 884 g/mol. The van der Waals surface area contributed by atoms with E-state index in [2.05, 4.69) is 183 Å². The number of hydrogen-bond acceptors (Lipinski definition) is 7. The van der Waals surface area contributed by atoms with Gasteiger partial charge >= 0.3 is 48.5 Å². The summed E-state index contributed by atoms with van der Waals surface area (Å²) in [4.78, 5) is 20.1. The minimum absolute atomic E-state index is 0.00958. The molecule has 0 bridgehead atoms. The Morgan fingerprint density at radius 3 is 1.09 bits per heavy atom. The van der Waals surface area contributed by atoms with Gasteiger partial charge in [0, 0.05) is 6.61 Å². The van der Waals surface area contributed by atoms with E-state index in [1.54, 1.807) is 6.82 Å². The van der Waals surface area contributed by atoms with Gasteiger partial charge in [0.05, 0.1) is 6.61 Å². The fourth-order valence-corrected chi connectivity index (χ4v) is 4.94. The molecule has 0 aliphatic carbocycles. The Kier molecular flexibility index (Phi) is 55.3. The van der Waals surface area contributed by atoms with Crippen LogP contribution >= 0.6 is 0 Å². The number of rotatable bonds is 35. The summed E-state index contributed by atoms with van der Waals surface area (Å²) in [6.07, 6.45) is 68.5. The molecule has 0 fully saturated rings. The molecule has 357 valence electrons. The van der Waals surface area contributed by atoms with Crippen molar-refractivity contribution < 1.29 is 33.8 Å². The van der Waals surface area contributed by atoms with Crippen molar-refractivity contribution in [1.82, 2.24) is 0 Å². The van der Waals surface area contributed by atoms with E-state index in [9.17, 15) is 9.50 Å². The zero-order valence-electron chi connectivity index (χ0n) is 41.5. The van der Waals surface area contributed by atoms with E-state index in [0.717, 1.165) is 103 Å². The van der Waals surface area contributed by atoms with Gasteiger partial charge in [-0.15, -0.1) is 0 Å². The van der Waals surface area contributed by atoms with E-state index in [0.29, 0.717) is 32.2 Å². The van der Waals surface area contributed by atoms with Gasteiger partial charge in [-0.05, 0) is 129 Å². The molecule has 0 aliphatic rings. The van der Waals surface area contributed by atoms with Gasteiger partial charge in [-0.1, -0.05) is 180 Å². The van der Waals surface area contributed by atoms with E-state index in [1.165, 1.54) is 7.48 Å². The average molecular weight is 884 g/mol. The maximum atomic E-state index is 11.6. The molecule has 2 unspecified atom stereocenters. The Morgan fingerprint density at radius 1 is 0.516 bits per heavy atom. The average Bonchev–Trinajstić information content (AvgIpc) is 3.28. The number of carbonyl (C=O) groups excluding carboxylic acids is 1. The van der Waals surface area contributed by atoms with Crippen LogP contribution in [0.2, 0.25) is 6.82 Å². The van der Waals surface area contributed by atoms with Gasteiger partial charge in [0.1, 0.15) is 5.60 Å². The molecule has 0 aromatic heterocycles. The first-order chi connectivity index (χ1) is 31.1. The van der Waals surface area contributed by atoms with Gasteiger partial charge in [0.25, 0.3) is 0 Å². The third kappa shape index (κ3) is 60.0. The molecule has 0 saturated carbocycles. The predicted octanol–water partition coefficient (Wildman–Crippen LogP) is 15.8. The standard InChI is InChI=1S/C29H46O3.C24H38O.C2H5B2O3/c1-6-8-9-10-11-12-13-14-15-16-17-18-19-20-21-22-23-24-25-27(7-2)26-31-28(30)32-29(3,4)5;1-3-5-6-7-8-9-10-11-12-13-14-15-16-17-18-19-20-21-22-24(4-2)23-25;1-3-7-6-2-4-5/h8-9,11-12,14-15,17-18,20-21,23-24,27H,6-7,10,13,16,19,22,25-26H2,1-5H3;5-6,8-9,11-12,14-15,17-18,20-21,24-25H,3-4,7,10,13,16,19,22-23H2,1-2H3;2H2,1H3/b9-8-,12-11-,15-14-,18-17-,21-20-,24-23-;6-5-,9-8-,12-11-,15-14-,18-17-,21-20-;. The maximum absolute atomic E-state index is 11.6. The number of ether oxygens (including phenoxy) is 2. The van der Waals surface area contributed by atoms with Crippen LogP contribution in [0, 0.1) is 11.8 Å². The van der Waals surface area contributed by atoms with Crippen LogP contribution in [0.25, 0.3) is 0 Å². The van der Waals surface area contributed by atoms with Gasteiger partial charge < -0.3 is 14.6 Å². The molecule has 0 amide bonds. The van der Waals surface area contributed by atoms with Crippen LogP contribution < -0.4 is 0 Å². The van der Waals surface area contributed by atoms with Crippen LogP contribution in [0.4, 0.5) is 4.79 Å². The van der Waals surface area contributed by atoms with Crippen molar-refractivity contribution >= 4 is 20.8 Å². The fraction of sp³-hybridized carbons (Fsp3) is 0.545. The summed E-state index contributed by atoms with van der Waals surface area (Å²) in [5, 5.41) is 9.10. The van der Waals surface area contributed by atoms with E-state index >= 15 is 0 Å². The third-order valence-electron chi connectivity index (χ3n) is 8.67. The Balaban J connectivity index is -0.00000103. The minimum atomic E-state index is -0.585. The molecule has 0 aromatic rings. The zero-order chi connectivity index (χ0) is 47.9. The van der Waals surface area contributed by atoms with Gasteiger partial charge in [-0.25, -0.2) is 4.79 Å². The summed E-state index contributed by atoms with van der Waals surface area (Å²) in [5.41, 5.74) is -0.514. The van der Waals surface area contributed by atoms with Crippen LogP contribution in [0.3, 0.4) is 0 Å². The van der Waals surface area contributed by atoms with E-state index in [4.69, 9.17) is 14.6 Å². The van der Waals surface area contributed by atoms with Crippen LogP contribution in [0.1, 0.15) is 151 Å². The summed E-state index contributed by atoms with van der Waals surface area (Å²) in [6, 6.07) is 0. The molecule has 0 aromatic carbocycles. The fourth-order valence-electron chi connectivity index (χ4n) is 4.94. The topological polar surface area (TPSA) is 91.3 Å². The molecule has 1 N–H and O–H groups in total. The second-order valence-electron chi connectivity index (χ2n) is 15.6. The summed E-state index contributed by atoms with van der Waals surface area (Å²) in [5.74, 6) is 0.747. The van der Waals surface area contributed by atoms with Crippen molar-refractivity contribution in [3.63, 3.8) is 0 Å². The molecule has 0 aliphatic heterocycles. The van der Waals surface area contributed by atoms with Gasteiger partial charge in [0.2, 0.25) is 0 Å². The number of hydrogen-bond donors (Lipinski definition) is 1. The van der Waals surface area contributed by atoms with Gasteiger partial charge in [-0.2, -0.15) is 0 Å². The van der Waals surface area contributed by atoms with Gasteiger partial charge in [0.15, 0.2) is 0 Å². The second-order valence-corrected chi connectivity index (χ2v) is 15.6. The molecule has 64 heavy (non-hydrogen) atoms. The van der Waals surface area contributed by atoms with Crippen LogP contribution in [0.5, 0.6) is 0 Å². The molecule has 0 spiro atoms. The van der Waals surface area contributed by atoms with Crippen LogP contribution in [-0.4, -0.2) is 51.2 Å². The first kappa shape index (κ1) is 64.2. The number of aliphatic hydroxyl groups excluding tert-OH is 1. The predicted molar refractivity (Wildman–Crippen MR) is 278 cm³/mol. The molecule has 9 heteroatoms. The van der Waals surface area contributed by atoms with Crippen LogP contribution in [0.15, 0.2) is 146 Å². The van der Waals surface area contributed by atoms with Crippen molar-refractivity contribution in [1.29, 1.82) is 0 Å². The first-order valence-corrected chi connectivity index (χ1v) is 23.9. The third-order valence-corrected chi connectivity index (χ3v) is 8.67. The van der Waals surface area contributed by atoms with Crippen molar-refractivity contribution in [3.05, 3.63) is 146 Å². The van der Waals surface area contributed by atoms with Crippen molar-refractivity contribution in [2.75, 3.05) is 19.7 Å². The Bertz CT molecular complexity index is 1390. The van der Waals surface area contributed by atoms with Crippen molar-refractivity contribution in [2.24, 2.45) is 11.8 Å². The molecule has 0 rings (SSSR count). The SMILES string of the molecule is CC/C=C\C/C=C\C/C=C\C/C=C\C/C=C\C/C=C\CC(CC)CO.CC/C=C\C/C=C\C/C=C\C/C=C\C/C=C\C/C=C\CC(CC)COC(=O)OC(C)(C)C.C[B]OOCB=O. The first-order valence-electron chi connectivity index (χ1n) is 23.9. The van der Waals surface area contributed by atoms with E-state index in [-0.39, 0.29) is 6.51 Å². The molecule has 2 atom stereocenters. The van der Waals surface area contributed by atoms with E-state index in [1.807, 2.05) is 20.8 Å². The molecule has 0 saturated heterocycles. The Hall–Kier alpha value is -4.04. The Labute approximate surface area is 394 Å².